The third-order valence-corrected chi connectivity index (χ3v) is 8.38. The fourth-order valence-electron chi connectivity index (χ4n) is 5.51. The molecule has 3 aliphatic heterocycles. The first-order chi connectivity index (χ1) is 25.2. The molecule has 6 heterocycles. The minimum absolute atomic E-state index is 0. The van der Waals surface area contributed by atoms with Crippen LogP contribution in [0.2, 0.25) is 0 Å². The molecule has 0 atom stereocenters. The molecule has 53 heavy (non-hydrogen) atoms. The van der Waals surface area contributed by atoms with Crippen LogP contribution in [0.15, 0.2) is 88.7 Å². The summed E-state index contributed by atoms with van der Waals surface area (Å²) >= 11 is 5.77. The Bertz CT molecular complexity index is 1900. The molecule has 1 N–H and O–H groups in total. The van der Waals surface area contributed by atoms with E-state index < -0.39 is 0 Å². The number of phenolic OH excluding ortho intramolecular Hbond substituents is 1. The van der Waals surface area contributed by atoms with Crippen molar-refractivity contribution in [2.75, 3.05) is 62.4 Å². The lowest BCUT2D eigenvalue weighted by atomic mass is 10.1. The predicted octanol–water partition coefficient (Wildman–Crippen LogP) is 8.30. The maximum Gasteiger partial charge on any atom is 0.130 e. The van der Waals surface area contributed by atoms with Gasteiger partial charge in [-0.15, -0.1) is 12.4 Å². The van der Waals surface area contributed by atoms with Crippen molar-refractivity contribution in [3.63, 3.8) is 0 Å². The largest absolute Gasteiger partial charge is 0.508 e. The van der Waals surface area contributed by atoms with E-state index in [2.05, 4.69) is 88.3 Å². The maximum absolute atomic E-state index is 9.04. The zero-order valence-electron chi connectivity index (χ0n) is 30.6. The standard InChI is InChI=1S/C19H22N4O2.C9H11BrN2O.C8H7NO.C3H7I.ClH/c1-14(2)25-17-4-3-15-13-21-23(18(15)12-17)16-5-6-20-19(11-16)22-7-9-24-10-8-22;10-8-1-2-11-9(7-8)12-3-5-13-6-4-12;10-8-2-1-6-4-9-5-7(6)3-8;1-3(2)4;/h3-6,11-14H,7-10H2,1-2H3;1-2,7H,3-6H2;1-4,10H,5H2;3H,1-2H3;1H. The van der Waals surface area contributed by atoms with Gasteiger partial charge in [0.15, 0.2) is 0 Å². The predicted molar refractivity (Wildman–Crippen MR) is 228 cm³/mol. The molecule has 14 heteroatoms. The van der Waals surface area contributed by atoms with Gasteiger partial charge in [0.05, 0.1) is 56.5 Å². The molecule has 8 rings (SSSR count). The van der Waals surface area contributed by atoms with Crippen molar-refractivity contribution in [2.24, 2.45) is 4.99 Å². The number of hydrogen-bond acceptors (Lipinski definition) is 10. The van der Waals surface area contributed by atoms with Crippen LogP contribution in [-0.2, 0) is 16.0 Å². The molecule has 3 aromatic heterocycles. The lowest BCUT2D eigenvalue weighted by Gasteiger charge is -2.28. The van der Waals surface area contributed by atoms with Gasteiger partial charge in [0.1, 0.15) is 23.1 Å². The van der Waals surface area contributed by atoms with Crippen molar-refractivity contribution >= 4 is 79.7 Å². The second kappa shape index (κ2) is 21.4. The number of morpholine rings is 2. The molecule has 0 unspecified atom stereocenters. The van der Waals surface area contributed by atoms with Gasteiger partial charge in [-0.1, -0.05) is 52.4 Å². The highest BCUT2D eigenvalue weighted by Crippen LogP contribution is 2.26. The number of pyridine rings is 2. The number of rotatable bonds is 5. The number of phenols is 1. The third-order valence-electron chi connectivity index (χ3n) is 7.88. The van der Waals surface area contributed by atoms with Gasteiger partial charge in [-0.25, -0.2) is 14.6 Å². The zero-order valence-corrected chi connectivity index (χ0v) is 35.1. The van der Waals surface area contributed by atoms with Crippen LogP contribution in [0.25, 0.3) is 16.6 Å². The van der Waals surface area contributed by atoms with Crippen molar-refractivity contribution in [1.29, 1.82) is 0 Å². The first-order valence-corrected chi connectivity index (χ1v) is 19.5. The Morgan fingerprint density at radius 1 is 0.811 bits per heavy atom. The highest BCUT2D eigenvalue weighted by atomic mass is 127. The molecule has 0 bridgehead atoms. The molecule has 0 amide bonds. The van der Waals surface area contributed by atoms with Gasteiger partial charge >= 0.3 is 0 Å². The molecule has 284 valence electrons. The number of ether oxygens (including phenoxy) is 3. The van der Waals surface area contributed by atoms with Crippen molar-refractivity contribution in [2.45, 2.75) is 44.3 Å². The zero-order chi connectivity index (χ0) is 36.9. The van der Waals surface area contributed by atoms with Gasteiger partial charge < -0.3 is 29.1 Å². The summed E-state index contributed by atoms with van der Waals surface area (Å²) in [7, 11) is 0. The van der Waals surface area contributed by atoms with Crippen molar-refractivity contribution in [3.05, 3.63) is 94.9 Å². The monoisotopic (exact) mass is 919 g/mol. The van der Waals surface area contributed by atoms with Crippen LogP contribution in [0, 0.1) is 0 Å². The smallest absolute Gasteiger partial charge is 0.130 e. The first kappa shape index (κ1) is 42.2. The normalized spacial score (nSPS) is 14.6. The van der Waals surface area contributed by atoms with E-state index in [0.29, 0.717) is 12.3 Å². The van der Waals surface area contributed by atoms with Crippen LogP contribution in [0.5, 0.6) is 11.5 Å². The Morgan fingerprint density at radius 2 is 1.43 bits per heavy atom. The number of halogens is 3. The molecule has 11 nitrogen and oxygen atoms in total. The van der Waals surface area contributed by atoms with Crippen LogP contribution in [0.3, 0.4) is 0 Å². The van der Waals surface area contributed by atoms with E-state index in [0.717, 1.165) is 106 Å². The van der Waals surface area contributed by atoms with Gasteiger partial charge in [0.2, 0.25) is 0 Å². The van der Waals surface area contributed by atoms with Crippen molar-refractivity contribution < 1.29 is 19.3 Å². The third kappa shape index (κ3) is 13.1. The minimum atomic E-state index is 0. The van der Waals surface area contributed by atoms with Gasteiger partial charge in [-0.05, 0) is 73.5 Å². The highest BCUT2D eigenvalue weighted by molar-refractivity contribution is 14.1. The molecule has 2 saturated heterocycles. The Hall–Kier alpha value is -3.50. The topological polar surface area (TPSA) is 110 Å². The van der Waals surface area contributed by atoms with E-state index in [-0.39, 0.29) is 18.5 Å². The quantitative estimate of drug-likeness (QED) is 0.138. The lowest BCUT2D eigenvalue weighted by Crippen LogP contribution is -2.36. The number of benzene rings is 2. The summed E-state index contributed by atoms with van der Waals surface area (Å²) in [6.07, 6.45) is 7.50. The number of aromatic nitrogens is 4. The van der Waals surface area contributed by atoms with Crippen LogP contribution in [0.1, 0.15) is 38.8 Å². The molecule has 0 aliphatic carbocycles. The summed E-state index contributed by atoms with van der Waals surface area (Å²) in [6, 6.07) is 19.4. The molecule has 5 aromatic rings. The van der Waals surface area contributed by atoms with Gasteiger partial charge in [0.25, 0.3) is 0 Å². The summed E-state index contributed by atoms with van der Waals surface area (Å²) in [5.74, 6) is 3.16. The average Bonchev–Trinajstić information content (AvgIpc) is 3.79. The Balaban J connectivity index is 0.000000187. The number of aromatic hydroxyl groups is 1. The minimum Gasteiger partial charge on any atom is -0.508 e. The van der Waals surface area contributed by atoms with E-state index >= 15 is 0 Å². The first-order valence-electron chi connectivity index (χ1n) is 17.5. The Kier molecular flexibility index (Phi) is 17.1. The van der Waals surface area contributed by atoms with E-state index in [1.54, 1.807) is 12.1 Å². The van der Waals surface area contributed by atoms with Crippen molar-refractivity contribution in [1.82, 2.24) is 19.7 Å². The van der Waals surface area contributed by atoms with Crippen LogP contribution in [0.4, 0.5) is 11.6 Å². The SMILES string of the molecule is Brc1ccnc(N2CCOCC2)c1.CC(C)I.CC(C)Oc1ccc2cnn(-c3ccnc(N4CCOCC4)c3)c2c1.Cl.Oc1ccc2c(c1)CN=C2. The average molecular weight is 921 g/mol. The van der Waals surface area contributed by atoms with Gasteiger partial charge in [-0.3, -0.25) is 4.99 Å². The van der Waals surface area contributed by atoms with E-state index in [1.165, 1.54) is 0 Å². The fourth-order valence-corrected chi connectivity index (χ4v) is 5.83. The maximum atomic E-state index is 9.04. The van der Waals surface area contributed by atoms with Gasteiger partial charge in [-0.2, -0.15) is 5.10 Å². The Labute approximate surface area is 340 Å². The molecular weight excluding hydrogens is 873 g/mol. The van der Waals surface area contributed by atoms with Crippen LogP contribution >= 0.6 is 50.9 Å². The summed E-state index contributed by atoms with van der Waals surface area (Å²) in [4.78, 5) is 17.3. The summed E-state index contributed by atoms with van der Waals surface area (Å²) in [6.45, 7) is 15.8. The summed E-state index contributed by atoms with van der Waals surface area (Å²) in [5.41, 5.74) is 4.25. The summed E-state index contributed by atoms with van der Waals surface area (Å²) < 4.78 is 20.3. The molecule has 0 radical (unpaired) electrons. The van der Waals surface area contributed by atoms with Gasteiger partial charge in [0, 0.05) is 70.7 Å². The molecule has 2 aromatic carbocycles. The van der Waals surface area contributed by atoms with Crippen molar-refractivity contribution in [3.8, 4) is 17.2 Å². The molecule has 2 fully saturated rings. The van der Waals surface area contributed by atoms with E-state index in [4.69, 9.17) is 19.3 Å². The van der Waals surface area contributed by atoms with Crippen LogP contribution < -0.4 is 14.5 Å². The number of anilines is 2. The van der Waals surface area contributed by atoms with E-state index in [1.807, 2.05) is 85.8 Å². The Morgan fingerprint density at radius 3 is 2.06 bits per heavy atom. The summed E-state index contributed by atoms with van der Waals surface area (Å²) in [5, 5.41) is 14.7. The second-order valence-electron chi connectivity index (χ2n) is 12.7. The van der Waals surface area contributed by atoms with E-state index in [9.17, 15) is 0 Å². The fraction of sp³-hybridized carbons (Fsp3) is 0.385. The molecule has 0 saturated carbocycles. The number of alkyl halides is 1. The molecule has 3 aliphatic rings. The lowest BCUT2D eigenvalue weighted by molar-refractivity contribution is 0.122. The second-order valence-corrected chi connectivity index (χ2v) is 16.1. The molecular formula is C39H48BrClIN7O4. The number of aliphatic imine (C=N–C) groups is 1. The highest BCUT2D eigenvalue weighted by Gasteiger charge is 2.15. The number of hydrogen-bond donors (Lipinski definition) is 1. The number of nitrogens with zero attached hydrogens (tertiary/aromatic N) is 7. The number of fused-ring (bicyclic) bond motifs is 2. The van der Waals surface area contributed by atoms with Crippen LogP contribution in [-0.4, -0.2) is 93.7 Å². The molecule has 0 spiro atoms.